The molecule has 128 valence electrons. The van der Waals surface area contributed by atoms with Crippen LogP contribution in [-0.4, -0.2) is 0 Å². The first-order chi connectivity index (χ1) is 9.88. The molecular formula is C20H30Br2Hf. The molecular weight excluding hydrogens is 579 g/mol. The Morgan fingerprint density at radius 3 is 1.43 bits per heavy atom. The van der Waals surface area contributed by atoms with Crippen molar-refractivity contribution >= 4 is 0 Å². The molecule has 2 aliphatic carbocycles. The predicted molar refractivity (Wildman–Crippen MR) is 89.7 cm³/mol. The third kappa shape index (κ3) is 6.55. The van der Waals surface area contributed by atoms with Crippen molar-refractivity contribution in [2.45, 2.75) is 67.2 Å². The molecule has 3 heteroatoms. The number of hydrogen-bond donors (Lipinski definition) is 0. The number of hydrogen-bond acceptors (Lipinski definition) is 0. The van der Waals surface area contributed by atoms with Gasteiger partial charge in [0.1, 0.15) is 0 Å². The van der Waals surface area contributed by atoms with Gasteiger partial charge in [-0.3, -0.25) is 0 Å². The van der Waals surface area contributed by atoms with Crippen molar-refractivity contribution in [2.75, 3.05) is 0 Å². The van der Waals surface area contributed by atoms with E-state index in [4.69, 9.17) is 0 Å². The molecule has 0 saturated heterocycles. The van der Waals surface area contributed by atoms with Gasteiger partial charge in [-0.2, -0.15) is 0 Å². The molecule has 23 heavy (non-hydrogen) atoms. The molecule has 0 heterocycles. The number of allylic oxidation sites excluding steroid dienone is 8. The summed E-state index contributed by atoms with van der Waals surface area (Å²) in [5.41, 5.74) is 6.66. The van der Waals surface area contributed by atoms with Crippen LogP contribution in [0, 0.1) is 11.8 Å². The minimum absolute atomic E-state index is 0. The van der Waals surface area contributed by atoms with Crippen LogP contribution in [0.1, 0.15) is 67.2 Å². The van der Waals surface area contributed by atoms with Crippen LogP contribution in [0.4, 0.5) is 0 Å². The zero-order valence-electron chi connectivity index (χ0n) is 15.4. The molecule has 0 aromatic carbocycles. The summed E-state index contributed by atoms with van der Waals surface area (Å²) in [6.45, 7) is 14.1. The topological polar surface area (TPSA) is 0 Å². The normalized spacial score (nSPS) is 17.2. The molecule has 0 fully saturated rings. The van der Waals surface area contributed by atoms with Crippen LogP contribution in [0.5, 0.6) is 0 Å². The maximum absolute atomic E-state index is 2.48. The second-order valence-corrected chi connectivity index (χ2v) is 12.7. The summed E-state index contributed by atoms with van der Waals surface area (Å²) in [6.07, 6.45) is 10.1. The van der Waals surface area contributed by atoms with Gasteiger partial charge in [0.2, 0.25) is 0 Å². The van der Waals surface area contributed by atoms with E-state index in [0.717, 1.165) is 11.8 Å². The number of rotatable bonds is 6. The van der Waals surface area contributed by atoms with Gasteiger partial charge in [-0.15, -0.1) is 0 Å². The first-order valence-corrected chi connectivity index (χ1v) is 12.0. The Labute approximate surface area is 175 Å². The average Bonchev–Trinajstić information content (AvgIpc) is 2.88. The molecule has 0 spiro atoms. The zero-order chi connectivity index (χ0) is 15.6. The molecule has 0 bridgehead atoms. The molecule has 2 aliphatic rings. The summed E-state index contributed by atoms with van der Waals surface area (Å²) in [4.78, 5) is 0. The molecule has 2 rings (SSSR count). The largest absolute Gasteiger partial charge is 1.00 e. The van der Waals surface area contributed by atoms with Crippen molar-refractivity contribution in [3.8, 4) is 0 Å². The molecule has 0 atom stereocenters. The Balaban J connectivity index is 0.00000242. The summed E-state index contributed by atoms with van der Waals surface area (Å²) in [7, 11) is 0. The van der Waals surface area contributed by atoms with Gasteiger partial charge in [-0.1, -0.05) is 0 Å². The fourth-order valence-electron chi connectivity index (χ4n) is 3.30. The van der Waals surface area contributed by atoms with Gasteiger partial charge in [0.05, 0.1) is 0 Å². The Bertz CT molecular complexity index is 486. The summed E-state index contributed by atoms with van der Waals surface area (Å²) >= 11 is -0.801. The van der Waals surface area contributed by atoms with E-state index in [0.29, 0.717) is 0 Å². The van der Waals surface area contributed by atoms with Crippen LogP contribution >= 0.6 is 0 Å². The van der Waals surface area contributed by atoms with Crippen molar-refractivity contribution in [1.82, 2.24) is 0 Å². The molecule has 0 aliphatic heterocycles. The van der Waals surface area contributed by atoms with Crippen LogP contribution in [0.3, 0.4) is 0 Å². The Morgan fingerprint density at radius 2 is 1.13 bits per heavy atom. The van der Waals surface area contributed by atoms with Crippen molar-refractivity contribution in [3.63, 3.8) is 0 Å². The number of halogens is 2. The second-order valence-electron chi connectivity index (χ2n) is 7.42. The fraction of sp³-hybridized carbons (Fsp3) is 0.600. The van der Waals surface area contributed by atoms with Gasteiger partial charge < -0.3 is 34.0 Å². The maximum atomic E-state index is 2.48. The van der Waals surface area contributed by atoms with E-state index in [1.54, 1.807) is 22.3 Å². The average molecular weight is 609 g/mol. The van der Waals surface area contributed by atoms with Gasteiger partial charge in [-0.05, 0) is 0 Å². The Kier molecular flexibility index (Phi) is 11.1. The van der Waals surface area contributed by atoms with Crippen LogP contribution in [-0.2, 0) is 22.9 Å². The minimum Gasteiger partial charge on any atom is -1.00 e. The van der Waals surface area contributed by atoms with Crippen LogP contribution < -0.4 is 34.0 Å². The molecule has 0 saturated carbocycles. The molecule has 0 aromatic heterocycles. The van der Waals surface area contributed by atoms with Crippen LogP contribution in [0.15, 0.2) is 41.1 Å². The summed E-state index contributed by atoms with van der Waals surface area (Å²) in [5.74, 6) is 1.57. The van der Waals surface area contributed by atoms with Crippen molar-refractivity contribution in [1.29, 1.82) is 0 Å². The SMILES string of the molecule is CC1=CC[C]([Hf+2][C]2=C(CC(C)C)C(C)=CC2)=C1CC(C)C.[Br-].[Br-]. The molecule has 0 nitrogen and oxygen atoms in total. The molecule has 0 radical (unpaired) electrons. The maximum Gasteiger partial charge on any atom is -1.00 e. The standard InChI is InChI=1S/2C10H15.2BrH.Hf/c2*1-8(2)7-10-6-4-5-9(10)3;;;/h2*5,8H,4,7H2,1-3H3;2*1H;/q;;;;+2/p-2. The Morgan fingerprint density at radius 1 is 0.783 bits per heavy atom. The van der Waals surface area contributed by atoms with Gasteiger partial charge in [-0.25, -0.2) is 0 Å². The zero-order valence-corrected chi connectivity index (χ0v) is 22.2. The van der Waals surface area contributed by atoms with Crippen LogP contribution in [0.2, 0.25) is 0 Å². The van der Waals surface area contributed by atoms with E-state index in [-0.39, 0.29) is 34.0 Å². The van der Waals surface area contributed by atoms with E-state index in [9.17, 15) is 0 Å². The van der Waals surface area contributed by atoms with E-state index < -0.39 is 22.9 Å². The minimum atomic E-state index is -0.801. The van der Waals surface area contributed by atoms with Gasteiger partial charge in [0.25, 0.3) is 0 Å². The quantitative estimate of drug-likeness (QED) is 0.383. The predicted octanol–water partition coefficient (Wildman–Crippen LogP) is 0.377. The van der Waals surface area contributed by atoms with Crippen LogP contribution in [0.25, 0.3) is 0 Å². The Hall–Kier alpha value is 0.790. The second kappa shape index (κ2) is 10.7. The molecule has 0 N–H and O–H groups in total. The third-order valence-electron chi connectivity index (χ3n) is 4.43. The van der Waals surface area contributed by atoms with Crippen molar-refractivity contribution in [3.05, 3.63) is 41.1 Å². The van der Waals surface area contributed by atoms with Gasteiger partial charge >= 0.3 is 143 Å². The smallest absolute Gasteiger partial charge is 1.00 e. The molecule has 0 aromatic rings. The van der Waals surface area contributed by atoms with E-state index in [2.05, 4.69) is 53.7 Å². The van der Waals surface area contributed by atoms with Crippen molar-refractivity contribution in [2.24, 2.45) is 11.8 Å². The molecule has 0 unspecified atom stereocenters. The third-order valence-corrected chi connectivity index (χ3v) is 10.2. The first-order valence-electron chi connectivity index (χ1n) is 8.43. The van der Waals surface area contributed by atoms with Gasteiger partial charge in [0, 0.05) is 0 Å². The monoisotopic (exact) mass is 608 g/mol. The van der Waals surface area contributed by atoms with Crippen molar-refractivity contribution < 1.29 is 56.9 Å². The summed E-state index contributed by atoms with van der Waals surface area (Å²) in [5, 5.41) is 0. The summed E-state index contributed by atoms with van der Waals surface area (Å²) in [6, 6.07) is 0. The van der Waals surface area contributed by atoms with E-state index in [1.807, 2.05) is 6.66 Å². The molecule has 0 amide bonds. The van der Waals surface area contributed by atoms with E-state index in [1.165, 1.54) is 25.7 Å². The first kappa shape index (κ1) is 23.8. The van der Waals surface area contributed by atoms with Gasteiger partial charge in [0.15, 0.2) is 0 Å². The van der Waals surface area contributed by atoms with E-state index >= 15 is 0 Å². The summed E-state index contributed by atoms with van der Waals surface area (Å²) < 4.78 is 3.78. The fourth-order valence-corrected chi connectivity index (χ4v) is 9.31.